The SMILES string of the molecule is N#Cc1ccc(Nc2c(Cl)ccc3nsnc23)cc1F. The summed E-state index contributed by atoms with van der Waals surface area (Å²) >= 11 is 7.22. The number of aromatic nitrogens is 2. The average molecular weight is 305 g/mol. The Morgan fingerprint density at radius 1 is 1.25 bits per heavy atom. The quantitative estimate of drug-likeness (QED) is 0.774. The summed E-state index contributed by atoms with van der Waals surface area (Å²) in [6.07, 6.45) is 0. The Balaban J connectivity index is 2.05. The Labute approximate surface area is 122 Å². The van der Waals surface area contributed by atoms with E-state index in [0.29, 0.717) is 21.9 Å². The predicted molar refractivity (Wildman–Crippen MR) is 76.8 cm³/mol. The zero-order chi connectivity index (χ0) is 14.1. The summed E-state index contributed by atoms with van der Waals surface area (Å²) in [5, 5.41) is 12.2. The second kappa shape index (κ2) is 5.04. The van der Waals surface area contributed by atoms with Crippen LogP contribution in [-0.4, -0.2) is 8.75 Å². The van der Waals surface area contributed by atoms with Gasteiger partial charge in [-0.15, -0.1) is 0 Å². The van der Waals surface area contributed by atoms with Gasteiger partial charge in [0.15, 0.2) is 0 Å². The van der Waals surface area contributed by atoms with Gasteiger partial charge in [0.05, 0.1) is 28.0 Å². The van der Waals surface area contributed by atoms with Gasteiger partial charge in [0.1, 0.15) is 22.9 Å². The fourth-order valence-corrected chi connectivity index (χ4v) is 2.52. The molecule has 3 aromatic rings. The number of anilines is 2. The smallest absolute Gasteiger partial charge is 0.143 e. The summed E-state index contributed by atoms with van der Waals surface area (Å²) in [7, 11) is 0. The van der Waals surface area contributed by atoms with E-state index in [1.165, 1.54) is 12.1 Å². The van der Waals surface area contributed by atoms with Gasteiger partial charge < -0.3 is 5.32 Å². The number of hydrogen-bond donors (Lipinski definition) is 1. The first-order valence-electron chi connectivity index (χ1n) is 5.56. The van der Waals surface area contributed by atoms with Crippen LogP contribution in [0.25, 0.3) is 11.0 Å². The third-order valence-corrected chi connectivity index (χ3v) is 3.59. The molecule has 3 rings (SSSR count). The van der Waals surface area contributed by atoms with Crippen LogP contribution in [0.1, 0.15) is 5.56 Å². The van der Waals surface area contributed by atoms with Gasteiger partial charge in [-0.05, 0) is 30.3 Å². The number of halogens is 2. The minimum atomic E-state index is -0.586. The molecule has 4 nitrogen and oxygen atoms in total. The van der Waals surface area contributed by atoms with Crippen LogP contribution in [-0.2, 0) is 0 Å². The molecule has 0 saturated heterocycles. The zero-order valence-electron chi connectivity index (χ0n) is 9.89. The van der Waals surface area contributed by atoms with E-state index in [1.807, 2.05) is 0 Å². The molecular formula is C13H6ClFN4S. The van der Waals surface area contributed by atoms with Gasteiger partial charge in [-0.1, -0.05) is 11.6 Å². The Kier molecular flexibility index (Phi) is 3.22. The molecule has 1 heterocycles. The minimum absolute atomic E-state index is 0.00446. The Bertz CT molecular complexity index is 840. The van der Waals surface area contributed by atoms with Crippen molar-refractivity contribution in [1.29, 1.82) is 5.26 Å². The van der Waals surface area contributed by atoms with Crippen LogP contribution in [0, 0.1) is 17.1 Å². The normalized spacial score (nSPS) is 10.4. The van der Waals surface area contributed by atoms with Gasteiger partial charge in [0, 0.05) is 5.69 Å². The third kappa shape index (κ3) is 2.18. The van der Waals surface area contributed by atoms with Crippen LogP contribution >= 0.6 is 23.3 Å². The van der Waals surface area contributed by atoms with Crippen molar-refractivity contribution < 1.29 is 4.39 Å². The molecule has 0 fully saturated rings. The standard InChI is InChI=1S/C13H6ClFN4S/c14-9-3-4-11-13(19-20-18-11)12(9)17-8-2-1-7(6-16)10(15)5-8/h1-5,17H. The van der Waals surface area contributed by atoms with E-state index in [0.717, 1.165) is 17.2 Å². The first-order valence-corrected chi connectivity index (χ1v) is 6.67. The van der Waals surface area contributed by atoms with E-state index in [1.54, 1.807) is 24.3 Å². The van der Waals surface area contributed by atoms with Crippen molar-refractivity contribution in [2.45, 2.75) is 0 Å². The minimum Gasteiger partial charge on any atom is -0.352 e. The fourth-order valence-electron chi connectivity index (χ4n) is 1.77. The topological polar surface area (TPSA) is 61.6 Å². The van der Waals surface area contributed by atoms with Crippen LogP contribution in [0.3, 0.4) is 0 Å². The number of benzene rings is 2. The highest BCUT2D eigenvalue weighted by molar-refractivity contribution is 7.00. The molecule has 98 valence electrons. The van der Waals surface area contributed by atoms with E-state index in [-0.39, 0.29) is 5.56 Å². The molecule has 0 saturated carbocycles. The van der Waals surface area contributed by atoms with E-state index < -0.39 is 5.82 Å². The van der Waals surface area contributed by atoms with Crippen LogP contribution < -0.4 is 5.32 Å². The molecule has 1 N–H and O–H groups in total. The molecule has 0 unspecified atom stereocenters. The first-order chi connectivity index (χ1) is 9.69. The Morgan fingerprint density at radius 3 is 2.85 bits per heavy atom. The van der Waals surface area contributed by atoms with Crippen molar-refractivity contribution in [2.75, 3.05) is 5.32 Å². The molecular weight excluding hydrogens is 299 g/mol. The second-order valence-electron chi connectivity index (χ2n) is 3.99. The lowest BCUT2D eigenvalue weighted by Crippen LogP contribution is -1.94. The van der Waals surface area contributed by atoms with Gasteiger partial charge in [-0.2, -0.15) is 14.0 Å². The molecule has 0 amide bonds. The summed E-state index contributed by atoms with van der Waals surface area (Å²) in [5.41, 5.74) is 2.41. The van der Waals surface area contributed by atoms with E-state index >= 15 is 0 Å². The van der Waals surface area contributed by atoms with E-state index in [2.05, 4.69) is 14.1 Å². The molecule has 0 aliphatic rings. The number of fused-ring (bicyclic) bond motifs is 1. The summed E-state index contributed by atoms with van der Waals surface area (Å²) in [6.45, 7) is 0. The zero-order valence-corrected chi connectivity index (χ0v) is 11.5. The summed E-state index contributed by atoms with van der Waals surface area (Å²) < 4.78 is 21.9. The van der Waals surface area contributed by atoms with Gasteiger partial charge in [-0.25, -0.2) is 4.39 Å². The van der Waals surface area contributed by atoms with Crippen molar-refractivity contribution in [1.82, 2.24) is 8.75 Å². The predicted octanol–water partition coefficient (Wildman–Crippen LogP) is 4.10. The largest absolute Gasteiger partial charge is 0.352 e. The van der Waals surface area contributed by atoms with Crippen LogP contribution in [0.5, 0.6) is 0 Å². The highest BCUT2D eigenvalue weighted by Crippen LogP contribution is 2.32. The van der Waals surface area contributed by atoms with Crippen LogP contribution in [0.2, 0.25) is 5.02 Å². The number of nitrogens with zero attached hydrogens (tertiary/aromatic N) is 3. The van der Waals surface area contributed by atoms with Crippen molar-refractivity contribution in [2.24, 2.45) is 0 Å². The van der Waals surface area contributed by atoms with Crippen molar-refractivity contribution in [3.8, 4) is 6.07 Å². The van der Waals surface area contributed by atoms with Gasteiger partial charge in [-0.3, -0.25) is 0 Å². The Morgan fingerprint density at radius 2 is 2.10 bits per heavy atom. The molecule has 2 aromatic carbocycles. The van der Waals surface area contributed by atoms with Gasteiger partial charge in [0.2, 0.25) is 0 Å². The van der Waals surface area contributed by atoms with Gasteiger partial charge in [0.25, 0.3) is 0 Å². The lowest BCUT2D eigenvalue weighted by atomic mass is 10.2. The van der Waals surface area contributed by atoms with Gasteiger partial charge >= 0.3 is 0 Å². The molecule has 1 aromatic heterocycles. The molecule has 0 atom stereocenters. The first kappa shape index (κ1) is 12.8. The van der Waals surface area contributed by atoms with Crippen molar-refractivity contribution in [3.05, 3.63) is 46.7 Å². The van der Waals surface area contributed by atoms with Crippen LogP contribution in [0.4, 0.5) is 15.8 Å². The van der Waals surface area contributed by atoms with Crippen LogP contribution in [0.15, 0.2) is 30.3 Å². The lowest BCUT2D eigenvalue weighted by molar-refractivity contribution is 0.624. The maximum absolute atomic E-state index is 13.6. The molecule has 0 spiro atoms. The number of hydrogen-bond acceptors (Lipinski definition) is 5. The average Bonchev–Trinajstić information content (AvgIpc) is 2.91. The fraction of sp³-hybridized carbons (Fsp3) is 0. The summed E-state index contributed by atoms with van der Waals surface area (Å²) in [4.78, 5) is 0. The van der Waals surface area contributed by atoms with E-state index in [9.17, 15) is 4.39 Å². The molecule has 0 bridgehead atoms. The molecule has 20 heavy (non-hydrogen) atoms. The maximum Gasteiger partial charge on any atom is 0.143 e. The number of nitrogens with one attached hydrogen (secondary N) is 1. The molecule has 7 heteroatoms. The summed E-state index contributed by atoms with van der Waals surface area (Å²) in [5.74, 6) is -0.586. The second-order valence-corrected chi connectivity index (χ2v) is 4.92. The third-order valence-electron chi connectivity index (χ3n) is 2.74. The molecule has 0 aliphatic heterocycles. The Hall–Kier alpha value is -2.23. The maximum atomic E-state index is 13.6. The number of nitriles is 1. The highest BCUT2D eigenvalue weighted by Gasteiger charge is 2.11. The highest BCUT2D eigenvalue weighted by atomic mass is 35.5. The number of rotatable bonds is 2. The summed E-state index contributed by atoms with van der Waals surface area (Å²) in [6, 6.07) is 9.50. The van der Waals surface area contributed by atoms with E-state index in [4.69, 9.17) is 16.9 Å². The molecule has 0 aliphatic carbocycles. The molecule has 0 radical (unpaired) electrons. The van der Waals surface area contributed by atoms with Crippen molar-refractivity contribution in [3.63, 3.8) is 0 Å². The lowest BCUT2D eigenvalue weighted by Gasteiger charge is -2.09. The van der Waals surface area contributed by atoms with Crippen molar-refractivity contribution >= 4 is 45.7 Å². The monoisotopic (exact) mass is 304 g/mol.